The van der Waals surface area contributed by atoms with Crippen molar-refractivity contribution in [2.24, 2.45) is 5.92 Å². The van der Waals surface area contributed by atoms with Crippen molar-refractivity contribution in [1.29, 1.82) is 0 Å². The Morgan fingerprint density at radius 2 is 2.14 bits per heavy atom. The van der Waals surface area contributed by atoms with E-state index < -0.39 is 17.2 Å². The van der Waals surface area contributed by atoms with Gasteiger partial charge in [0.25, 0.3) is 0 Å². The average molecular weight is 325 g/mol. The summed E-state index contributed by atoms with van der Waals surface area (Å²) in [5.41, 5.74) is 0.973. The summed E-state index contributed by atoms with van der Waals surface area (Å²) in [6, 6.07) is 3.26. The Kier molecular flexibility index (Phi) is 6.48. The van der Waals surface area contributed by atoms with Gasteiger partial charge >= 0.3 is 5.97 Å². The van der Waals surface area contributed by atoms with Gasteiger partial charge in [-0.25, -0.2) is 9.10 Å². The number of aromatic nitrogens is 1. The molecule has 1 atom stereocenters. The maximum Gasteiger partial charge on any atom is 0.339 e. The minimum Gasteiger partial charge on any atom is -0.760 e. The zero-order chi connectivity index (χ0) is 15.9. The Morgan fingerprint density at radius 1 is 1.41 bits per heavy atom. The van der Waals surface area contributed by atoms with E-state index in [2.05, 4.69) is 9.72 Å². The Bertz CT molecular complexity index is 515. The minimum atomic E-state index is -2.27. The van der Waals surface area contributed by atoms with Crippen LogP contribution in [0.15, 0.2) is 18.3 Å². The Morgan fingerprint density at radius 3 is 2.68 bits per heavy atom. The van der Waals surface area contributed by atoms with Crippen LogP contribution in [0.3, 0.4) is 0 Å². The monoisotopic (exact) mass is 325 g/mol. The molecule has 6 nitrogen and oxygen atoms in total. The lowest BCUT2D eigenvalue weighted by Crippen LogP contribution is -2.32. The van der Waals surface area contributed by atoms with Crippen molar-refractivity contribution in [2.75, 3.05) is 13.7 Å². The Labute approximate surface area is 133 Å². The molecule has 0 saturated heterocycles. The summed E-state index contributed by atoms with van der Waals surface area (Å²) >= 11 is -2.27. The maximum absolute atomic E-state index is 11.4. The Balaban J connectivity index is 1.98. The van der Waals surface area contributed by atoms with Gasteiger partial charge in [0.2, 0.25) is 0 Å². The van der Waals surface area contributed by atoms with Crippen LogP contribution in [0.4, 0.5) is 0 Å². The molecule has 0 N–H and O–H groups in total. The number of ether oxygens (including phenoxy) is 1. The number of carbonyl (C=O) groups excluding carboxylic acids is 1. The summed E-state index contributed by atoms with van der Waals surface area (Å²) in [4.78, 5) is 15.5. The van der Waals surface area contributed by atoms with Crippen LogP contribution < -0.4 is 0 Å². The van der Waals surface area contributed by atoms with Crippen LogP contribution in [0.1, 0.15) is 48.2 Å². The van der Waals surface area contributed by atoms with Crippen LogP contribution in [0, 0.1) is 5.92 Å². The number of rotatable bonds is 6. The number of esters is 1. The van der Waals surface area contributed by atoms with Crippen LogP contribution in [0.25, 0.3) is 0 Å². The molecule has 0 aliphatic heterocycles. The molecule has 1 unspecified atom stereocenters. The SMILES string of the molecule is COC(=O)c1ccc(CN(CC2CCCCC2)S(=O)[O-])nc1. The highest BCUT2D eigenvalue weighted by Gasteiger charge is 2.18. The van der Waals surface area contributed by atoms with Crippen molar-refractivity contribution in [3.63, 3.8) is 0 Å². The second-order valence-corrected chi connectivity index (χ2v) is 6.52. The number of nitrogens with zero attached hydrogens (tertiary/aromatic N) is 2. The summed E-state index contributed by atoms with van der Waals surface area (Å²) in [7, 11) is 1.31. The van der Waals surface area contributed by atoms with Crippen molar-refractivity contribution < 1.29 is 18.3 Å². The molecule has 1 aliphatic carbocycles. The molecule has 22 heavy (non-hydrogen) atoms. The molecule has 1 aromatic heterocycles. The van der Waals surface area contributed by atoms with Gasteiger partial charge in [0.1, 0.15) is 0 Å². The molecule has 0 bridgehead atoms. The van der Waals surface area contributed by atoms with Gasteiger partial charge in [0.05, 0.1) is 24.9 Å². The van der Waals surface area contributed by atoms with E-state index in [1.54, 1.807) is 12.1 Å². The van der Waals surface area contributed by atoms with Crippen LogP contribution >= 0.6 is 0 Å². The fraction of sp³-hybridized carbons (Fsp3) is 0.600. The largest absolute Gasteiger partial charge is 0.760 e. The lowest BCUT2D eigenvalue weighted by molar-refractivity contribution is 0.0600. The van der Waals surface area contributed by atoms with Crippen LogP contribution in [0.5, 0.6) is 0 Å². The zero-order valence-electron chi connectivity index (χ0n) is 12.7. The molecule has 2 rings (SSSR count). The van der Waals surface area contributed by atoms with E-state index in [1.165, 1.54) is 36.9 Å². The quantitative estimate of drug-likeness (QED) is 0.590. The molecular weight excluding hydrogens is 304 g/mol. The number of pyridine rings is 1. The molecule has 1 heterocycles. The molecule has 122 valence electrons. The highest BCUT2D eigenvalue weighted by Crippen LogP contribution is 2.25. The summed E-state index contributed by atoms with van der Waals surface area (Å²) in [6.07, 6.45) is 7.18. The number of carbonyl (C=O) groups is 1. The topological polar surface area (TPSA) is 82.6 Å². The van der Waals surface area contributed by atoms with Crippen molar-refractivity contribution in [1.82, 2.24) is 9.29 Å². The summed E-state index contributed by atoms with van der Waals surface area (Å²) < 4.78 is 28.9. The van der Waals surface area contributed by atoms with E-state index >= 15 is 0 Å². The second-order valence-electron chi connectivity index (χ2n) is 5.57. The van der Waals surface area contributed by atoms with Crippen molar-refractivity contribution in [3.05, 3.63) is 29.6 Å². The van der Waals surface area contributed by atoms with Gasteiger partial charge in [-0.3, -0.25) is 9.19 Å². The first kappa shape index (κ1) is 17.1. The summed E-state index contributed by atoms with van der Waals surface area (Å²) in [6.45, 7) is 0.768. The van der Waals surface area contributed by atoms with Crippen molar-refractivity contribution >= 4 is 17.2 Å². The fourth-order valence-corrected chi connectivity index (χ4v) is 3.34. The smallest absolute Gasteiger partial charge is 0.339 e. The number of hydrogen-bond donors (Lipinski definition) is 0. The van der Waals surface area contributed by atoms with E-state index in [1.807, 2.05) is 0 Å². The van der Waals surface area contributed by atoms with E-state index in [0.29, 0.717) is 23.7 Å². The molecule has 1 aliphatic rings. The molecule has 0 aromatic carbocycles. The van der Waals surface area contributed by atoms with Gasteiger partial charge in [-0.1, -0.05) is 19.3 Å². The predicted molar refractivity (Wildman–Crippen MR) is 81.5 cm³/mol. The molecule has 1 saturated carbocycles. The van der Waals surface area contributed by atoms with Crippen LogP contribution in [-0.4, -0.2) is 37.7 Å². The summed E-state index contributed by atoms with van der Waals surface area (Å²) in [5, 5.41) is 0. The Hall–Kier alpha value is -1.31. The number of hydrogen-bond acceptors (Lipinski definition) is 5. The van der Waals surface area contributed by atoms with Gasteiger partial charge in [-0.2, -0.15) is 0 Å². The fourth-order valence-electron chi connectivity index (χ4n) is 2.77. The van der Waals surface area contributed by atoms with Crippen molar-refractivity contribution in [2.45, 2.75) is 38.6 Å². The third-order valence-electron chi connectivity index (χ3n) is 3.98. The first-order valence-corrected chi connectivity index (χ1v) is 8.51. The third kappa shape index (κ3) is 4.86. The molecule has 7 heteroatoms. The predicted octanol–water partition coefficient (Wildman–Crippen LogP) is 2.04. The highest BCUT2D eigenvalue weighted by molar-refractivity contribution is 7.76. The first-order valence-electron chi connectivity index (χ1n) is 7.47. The van der Waals surface area contributed by atoms with E-state index in [-0.39, 0.29) is 6.54 Å². The molecule has 0 radical (unpaired) electrons. The average Bonchev–Trinajstić information content (AvgIpc) is 2.55. The van der Waals surface area contributed by atoms with E-state index in [0.717, 1.165) is 12.8 Å². The van der Waals surface area contributed by atoms with Gasteiger partial charge in [-0.05, 0) is 30.9 Å². The van der Waals surface area contributed by atoms with Gasteiger partial charge in [0, 0.05) is 24.0 Å². The van der Waals surface area contributed by atoms with Gasteiger partial charge in [0.15, 0.2) is 0 Å². The standard InChI is InChI=1S/C15H22N2O4S/c1-21-15(18)13-7-8-14(16-9-13)11-17(22(19)20)10-12-5-3-2-4-6-12/h7-9,12H,2-6,10-11H2,1H3,(H,19,20)/p-1. The lowest BCUT2D eigenvalue weighted by atomic mass is 9.89. The van der Waals surface area contributed by atoms with E-state index in [9.17, 15) is 13.6 Å². The second kappa shape index (κ2) is 8.36. The number of methoxy groups -OCH3 is 1. The van der Waals surface area contributed by atoms with Gasteiger partial charge < -0.3 is 9.29 Å². The summed E-state index contributed by atoms with van der Waals surface area (Å²) in [5.74, 6) is -0.0218. The molecular formula is C15H21N2O4S-. The van der Waals surface area contributed by atoms with Gasteiger partial charge in [-0.15, -0.1) is 0 Å². The van der Waals surface area contributed by atoms with Crippen LogP contribution in [0.2, 0.25) is 0 Å². The highest BCUT2D eigenvalue weighted by atomic mass is 32.2. The molecule has 0 spiro atoms. The molecule has 0 amide bonds. The zero-order valence-corrected chi connectivity index (χ0v) is 13.5. The molecule has 1 fully saturated rings. The maximum atomic E-state index is 11.4. The minimum absolute atomic E-state index is 0.230. The van der Waals surface area contributed by atoms with E-state index in [4.69, 9.17) is 0 Å². The first-order chi connectivity index (χ1) is 10.6. The van der Waals surface area contributed by atoms with Crippen molar-refractivity contribution in [3.8, 4) is 0 Å². The van der Waals surface area contributed by atoms with Crippen LogP contribution in [-0.2, 0) is 22.5 Å². The molecule has 1 aromatic rings. The third-order valence-corrected chi connectivity index (χ3v) is 4.68. The lowest BCUT2D eigenvalue weighted by Gasteiger charge is -2.30. The normalized spacial score (nSPS) is 17.4.